The van der Waals surface area contributed by atoms with Gasteiger partial charge in [-0.05, 0) is 46.0 Å². The number of nitro groups is 1. The summed E-state index contributed by atoms with van der Waals surface area (Å²) < 4.78 is 6.07. The Morgan fingerprint density at radius 3 is 2.61 bits per heavy atom. The van der Waals surface area contributed by atoms with Crippen molar-refractivity contribution in [2.24, 2.45) is 5.92 Å². The van der Waals surface area contributed by atoms with Crippen LogP contribution in [-0.2, 0) is 16.1 Å². The number of carbonyl (C=O) groups is 1. The van der Waals surface area contributed by atoms with Crippen LogP contribution in [0.2, 0.25) is 0 Å². The van der Waals surface area contributed by atoms with Crippen LogP contribution in [0.5, 0.6) is 0 Å². The summed E-state index contributed by atoms with van der Waals surface area (Å²) >= 11 is 1.21. The maximum absolute atomic E-state index is 13.6. The molecule has 1 aromatic rings. The van der Waals surface area contributed by atoms with Crippen LogP contribution in [-0.4, -0.2) is 111 Å². The van der Waals surface area contributed by atoms with E-state index in [9.17, 15) is 30.2 Å². The van der Waals surface area contributed by atoms with Crippen LogP contribution in [0, 0.1) is 16.0 Å². The molecule has 0 aromatic heterocycles. The van der Waals surface area contributed by atoms with E-state index in [0.29, 0.717) is 11.5 Å². The Morgan fingerprint density at radius 2 is 1.97 bits per heavy atom. The van der Waals surface area contributed by atoms with Crippen LogP contribution in [0.4, 0.5) is 5.69 Å². The number of likely N-dealkylation sites (tertiary alicyclic amines) is 1. The van der Waals surface area contributed by atoms with E-state index in [1.165, 1.54) is 17.8 Å². The molecule has 0 spiro atoms. The van der Waals surface area contributed by atoms with Gasteiger partial charge < -0.3 is 25.4 Å². The lowest BCUT2D eigenvalue weighted by Crippen LogP contribution is -2.67. The Morgan fingerprint density at radius 1 is 1.29 bits per heavy atom. The normalized spacial score (nSPS) is 31.8. The molecule has 0 saturated carbocycles. The zero-order chi connectivity index (χ0) is 28.1. The summed E-state index contributed by atoms with van der Waals surface area (Å²) in [7, 11) is 3.71. The Kier molecular flexibility index (Phi) is 10.9. The van der Waals surface area contributed by atoms with Crippen molar-refractivity contribution in [1.82, 2.24) is 15.1 Å². The summed E-state index contributed by atoms with van der Waals surface area (Å²) in [5.74, 6) is 0.228. The van der Waals surface area contributed by atoms with Crippen LogP contribution in [0.3, 0.4) is 0 Å². The van der Waals surface area contributed by atoms with Gasteiger partial charge in [0.1, 0.15) is 29.9 Å². The first-order valence-corrected chi connectivity index (χ1v) is 14.4. The highest BCUT2D eigenvalue weighted by molar-refractivity contribution is 7.99. The lowest BCUT2D eigenvalue weighted by molar-refractivity contribution is -0.385. The molecule has 0 bridgehead atoms. The van der Waals surface area contributed by atoms with Gasteiger partial charge >= 0.3 is 0 Å². The predicted octanol–water partition coefficient (Wildman–Crippen LogP) is 1.19. The Bertz CT molecular complexity index is 954. The van der Waals surface area contributed by atoms with Crippen LogP contribution < -0.4 is 5.32 Å². The number of aliphatic hydroxyl groups excluding tert-OH is 3. The summed E-state index contributed by atoms with van der Waals surface area (Å²) in [6, 6.07) is 4.91. The molecule has 12 heteroatoms. The molecule has 1 amide bonds. The van der Waals surface area contributed by atoms with Crippen LogP contribution in [0.1, 0.15) is 38.7 Å². The molecule has 38 heavy (non-hydrogen) atoms. The Balaban J connectivity index is 1.87. The van der Waals surface area contributed by atoms with Crippen molar-refractivity contribution in [2.75, 3.05) is 26.9 Å². The smallest absolute Gasteiger partial charge is 0.273 e. The van der Waals surface area contributed by atoms with Crippen molar-refractivity contribution < 1.29 is 29.8 Å². The Hall–Kier alpha value is -1.80. The number of hydrogen-bond donors (Lipinski definition) is 4. The molecule has 214 valence electrons. The highest BCUT2D eigenvalue weighted by atomic mass is 32.2. The molecule has 3 rings (SSSR count). The van der Waals surface area contributed by atoms with Crippen molar-refractivity contribution in [3.05, 3.63) is 39.9 Å². The molecule has 2 aliphatic rings. The molecule has 2 heterocycles. The second-order valence-corrected chi connectivity index (χ2v) is 11.5. The highest BCUT2D eigenvalue weighted by Gasteiger charge is 2.49. The monoisotopic (exact) mass is 554 g/mol. The van der Waals surface area contributed by atoms with Gasteiger partial charge in [0.25, 0.3) is 5.69 Å². The largest absolute Gasteiger partial charge is 0.388 e. The molecule has 4 N–H and O–H groups in total. The molecule has 11 nitrogen and oxygen atoms in total. The minimum absolute atomic E-state index is 0.00313. The van der Waals surface area contributed by atoms with Gasteiger partial charge in [0.05, 0.1) is 17.0 Å². The van der Waals surface area contributed by atoms with Crippen LogP contribution in [0.25, 0.3) is 0 Å². The molecule has 9 atom stereocenters. The van der Waals surface area contributed by atoms with E-state index in [1.54, 1.807) is 31.5 Å². The number of likely N-dealkylation sites (N-methyl/N-ethyl adjacent to an activating group) is 2. The molecule has 5 unspecified atom stereocenters. The van der Waals surface area contributed by atoms with Gasteiger partial charge in [-0.15, -0.1) is 11.8 Å². The van der Waals surface area contributed by atoms with E-state index >= 15 is 0 Å². The third-order valence-corrected chi connectivity index (χ3v) is 8.81. The summed E-state index contributed by atoms with van der Waals surface area (Å²) in [4.78, 5) is 28.6. The number of ether oxygens (including phenoxy) is 1. The molecule has 2 fully saturated rings. The number of nitrogens with zero attached hydrogens (tertiary/aromatic N) is 3. The third kappa shape index (κ3) is 6.85. The SMILES string of the molecule is CCC[C@@H]1C[C@@H](C(=O)N[C@@H](C2OC(SC)C(O)C(O)C2O)[C@H](C)N(C)Cc2ccccc2[N+](=O)[O-])N(C)C1. The van der Waals surface area contributed by atoms with Gasteiger partial charge in [0, 0.05) is 30.8 Å². The van der Waals surface area contributed by atoms with E-state index in [-0.39, 0.29) is 24.2 Å². The number of carbonyl (C=O) groups excluding carboxylic acids is 1. The average molecular weight is 555 g/mol. The lowest BCUT2D eigenvalue weighted by atomic mass is 9.90. The van der Waals surface area contributed by atoms with E-state index in [4.69, 9.17) is 4.74 Å². The van der Waals surface area contributed by atoms with E-state index in [0.717, 1.165) is 25.8 Å². The minimum Gasteiger partial charge on any atom is -0.388 e. The van der Waals surface area contributed by atoms with Crippen molar-refractivity contribution in [1.29, 1.82) is 0 Å². The number of nitrogens with one attached hydrogen (secondary N) is 1. The second kappa shape index (κ2) is 13.5. The van der Waals surface area contributed by atoms with Crippen molar-refractivity contribution in [3.8, 4) is 0 Å². The number of benzene rings is 1. The fraction of sp³-hybridized carbons (Fsp3) is 0.731. The number of thioether (sulfide) groups is 1. The summed E-state index contributed by atoms with van der Waals surface area (Å²) in [5, 5.41) is 46.6. The molecule has 1 aromatic carbocycles. The summed E-state index contributed by atoms with van der Waals surface area (Å²) in [5.41, 5.74) is -0.289. The van der Waals surface area contributed by atoms with Gasteiger partial charge in [-0.2, -0.15) is 0 Å². The maximum atomic E-state index is 13.6. The Labute approximate surface area is 228 Å². The van der Waals surface area contributed by atoms with Crippen LogP contribution >= 0.6 is 11.8 Å². The molecule has 0 aliphatic carbocycles. The van der Waals surface area contributed by atoms with Gasteiger partial charge in [0.2, 0.25) is 5.91 Å². The predicted molar refractivity (Wildman–Crippen MR) is 146 cm³/mol. The zero-order valence-electron chi connectivity index (χ0n) is 22.8. The lowest BCUT2D eigenvalue weighted by Gasteiger charge is -2.46. The minimum atomic E-state index is -1.46. The summed E-state index contributed by atoms with van der Waals surface area (Å²) in [6.07, 6.45) is -0.672. The molecular formula is C26H42N4O7S. The van der Waals surface area contributed by atoms with Gasteiger partial charge in [-0.3, -0.25) is 24.7 Å². The topological polar surface area (TPSA) is 149 Å². The van der Waals surface area contributed by atoms with E-state index in [2.05, 4.69) is 12.2 Å². The molecule has 2 aliphatic heterocycles. The summed E-state index contributed by atoms with van der Waals surface area (Å²) in [6.45, 7) is 5.01. The van der Waals surface area contributed by atoms with Crippen molar-refractivity contribution in [3.63, 3.8) is 0 Å². The average Bonchev–Trinajstić information content (AvgIpc) is 3.26. The van der Waals surface area contributed by atoms with Crippen molar-refractivity contribution >= 4 is 23.4 Å². The first-order valence-electron chi connectivity index (χ1n) is 13.2. The molecule has 2 saturated heterocycles. The number of nitro benzene ring substituents is 1. The van der Waals surface area contributed by atoms with Gasteiger partial charge in [-0.25, -0.2) is 0 Å². The quantitative estimate of drug-likeness (QED) is 0.232. The fourth-order valence-electron chi connectivity index (χ4n) is 5.64. The number of hydrogen-bond acceptors (Lipinski definition) is 10. The fourth-order valence-corrected chi connectivity index (χ4v) is 6.32. The first kappa shape index (κ1) is 30.7. The number of amides is 1. The van der Waals surface area contributed by atoms with Crippen molar-refractivity contribution in [2.45, 2.75) is 87.6 Å². The number of para-hydroxylation sites is 1. The molecular weight excluding hydrogens is 512 g/mol. The number of rotatable bonds is 11. The first-order chi connectivity index (χ1) is 18.0. The second-order valence-electron chi connectivity index (χ2n) is 10.6. The standard InChI is InChI=1S/C26H42N4O7S/c1-6-9-16-12-19(29(4)13-16)25(34)27-20(24-22(32)21(31)23(33)26(37-24)38-5)15(2)28(3)14-17-10-7-8-11-18(17)30(35)36/h7-8,10-11,15-16,19-24,26,31-33H,6,9,12-14H2,1-5H3,(H,27,34)/t15-,16+,19-,20+,21?,22?,23?,24?,26?/m0/s1. The van der Waals surface area contributed by atoms with Crippen LogP contribution in [0.15, 0.2) is 24.3 Å². The molecule has 0 radical (unpaired) electrons. The van der Waals surface area contributed by atoms with Gasteiger partial charge in [0.15, 0.2) is 0 Å². The number of aliphatic hydroxyl groups is 3. The van der Waals surface area contributed by atoms with E-state index < -0.39 is 46.9 Å². The third-order valence-electron chi connectivity index (χ3n) is 7.96. The van der Waals surface area contributed by atoms with E-state index in [1.807, 2.05) is 23.8 Å². The highest BCUT2D eigenvalue weighted by Crippen LogP contribution is 2.32. The zero-order valence-corrected chi connectivity index (χ0v) is 23.6. The maximum Gasteiger partial charge on any atom is 0.273 e. The van der Waals surface area contributed by atoms with Gasteiger partial charge in [-0.1, -0.05) is 31.5 Å².